The maximum atomic E-state index is 12.3. The number of halogens is 1. The van der Waals surface area contributed by atoms with Gasteiger partial charge in [-0.3, -0.25) is 9.59 Å². The Hall–Kier alpha value is -2.53. The summed E-state index contributed by atoms with van der Waals surface area (Å²) in [4.78, 5) is 23.2. The fourth-order valence-corrected chi connectivity index (χ4v) is 2.27. The predicted octanol–water partition coefficient (Wildman–Crippen LogP) is 4.05. The quantitative estimate of drug-likeness (QED) is 0.765. The van der Waals surface area contributed by atoms with Gasteiger partial charge in [-0.15, -0.1) is 0 Å². The number of rotatable bonds is 5. The molecule has 2 amide bonds. The third kappa shape index (κ3) is 4.99. The lowest BCUT2D eigenvalue weighted by Gasteiger charge is -2.16. The third-order valence-electron chi connectivity index (χ3n) is 3.42. The van der Waals surface area contributed by atoms with Gasteiger partial charge in [0, 0.05) is 29.0 Å². The van der Waals surface area contributed by atoms with E-state index in [0.29, 0.717) is 16.4 Å². The van der Waals surface area contributed by atoms with E-state index in [1.54, 1.807) is 37.3 Å². The standard InChI is InChI=1S/C18H20ClN3O2/c1-11-4-5-16(10-17(11)19)20-12(2)18(24)22-15-8-6-14(7-9-15)21-13(3)23/h4-10,12,20H,1-3H3,(H,21,23)(H,22,24). The van der Waals surface area contributed by atoms with Crippen molar-refractivity contribution in [1.82, 2.24) is 0 Å². The highest BCUT2D eigenvalue weighted by Gasteiger charge is 2.13. The van der Waals surface area contributed by atoms with Crippen LogP contribution in [0.15, 0.2) is 42.5 Å². The first-order valence-electron chi connectivity index (χ1n) is 7.56. The van der Waals surface area contributed by atoms with Gasteiger partial charge in [0.2, 0.25) is 11.8 Å². The number of hydrogen-bond acceptors (Lipinski definition) is 3. The highest BCUT2D eigenvalue weighted by molar-refractivity contribution is 6.31. The summed E-state index contributed by atoms with van der Waals surface area (Å²) in [6.45, 7) is 5.14. The molecular formula is C18H20ClN3O2. The van der Waals surface area contributed by atoms with Crippen LogP contribution in [0.25, 0.3) is 0 Å². The molecule has 126 valence electrons. The fourth-order valence-electron chi connectivity index (χ4n) is 2.09. The van der Waals surface area contributed by atoms with E-state index < -0.39 is 6.04 Å². The van der Waals surface area contributed by atoms with Gasteiger partial charge < -0.3 is 16.0 Å². The third-order valence-corrected chi connectivity index (χ3v) is 3.83. The smallest absolute Gasteiger partial charge is 0.246 e. The Balaban J connectivity index is 1.95. The minimum atomic E-state index is -0.432. The van der Waals surface area contributed by atoms with Crippen molar-refractivity contribution in [2.45, 2.75) is 26.8 Å². The summed E-state index contributed by atoms with van der Waals surface area (Å²) < 4.78 is 0. The summed E-state index contributed by atoms with van der Waals surface area (Å²) in [5.74, 6) is -0.305. The first-order chi connectivity index (χ1) is 11.3. The molecular weight excluding hydrogens is 326 g/mol. The Morgan fingerprint density at radius 1 is 0.958 bits per heavy atom. The summed E-state index contributed by atoms with van der Waals surface area (Å²) in [6.07, 6.45) is 0. The molecule has 24 heavy (non-hydrogen) atoms. The topological polar surface area (TPSA) is 70.2 Å². The summed E-state index contributed by atoms with van der Waals surface area (Å²) in [7, 11) is 0. The number of anilines is 3. The lowest BCUT2D eigenvalue weighted by Crippen LogP contribution is -2.31. The van der Waals surface area contributed by atoms with E-state index >= 15 is 0 Å². The first kappa shape index (κ1) is 17.8. The Labute approximate surface area is 146 Å². The van der Waals surface area contributed by atoms with Crippen molar-refractivity contribution < 1.29 is 9.59 Å². The molecule has 2 aromatic carbocycles. The molecule has 1 atom stereocenters. The average Bonchev–Trinajstić information content (AvgIpc) is 2.52. The van der Waals surface area contributed by atoms with E-state index in [9.17, 15) is 9.59 Å². The summed E-state index contributed by atoms with van der Waals surface area (Å²) in [5.41, 5.74) is 3.11. The van der Waals surface area contributed by atoms with Gasteiger partial charge in [0.15, 0.2) is 0 Å². The number of carbonyl (C=O) groups excluding carboxylic acids is 2. The Morgan fingerprint density at radius 2 is 1.50 bits per heavy atom. The highest BCUT2D eigenvalue weighted by Crippen LogP contribution is 2.21. The van der Waals surface area contributed by atoms with Crippen LogP contribution < -0.4 is 16.0 Å². The second kappa shape index (κ2) is 7.84. The van der Waals surface area contributed by atoms with Gasteiger partial charge in [-0.1, -0.05) is 17.7 Å². The molecule has 0 aliphatic heterocycles. The van der Waals surface area contributed by atoms with Crippen molar-refractivity contribution >= 4 is 40.5 Å². The second-order valence-electron chi connectivity index (χ2n) is 5.58. The zero-order chi connectivity index (χ0) is 17.7. The summed E-state index contributed by atoms with van der Waals surface area (Å²) in [6, 6.07) is 12.1. The molecule has 0 spiro atoms. The molecule has 0 aliphatic rings. The van der Waals surface area contributed by atoms with E-state index in [1.807, 2.05) is 19.1 Å². The lowest BCUT2D eigenvalue weighted by molar-refractivity contribution is -0.116. The van der Waals surface area contributed by atoms with Crippen molar-refractivity contribution in [3.8, 4) is 0 Å². The van der Waals surface area contributed by atoms with Crippen LogP contribution in [0, 0.1) is 6.92 Å². The van der Waals surface area contributed by atoms with E-state index in [-0.39, 0.29) is 11.8 Å². The van der Waals surface area contributed by atoms with Crippen LogP contribution in [0.4, 0.5) is 17.1 Å². The molecule has 3 N–H and O–H groups in total. The molecule has 1 unspecified atom stereocenters. The minimum absolute atomic E-state index is 0.138. The number of carbonyl (C=O) groups is 2. The van der Waals surface area contributed by atoms with Crippen molar-refractivity contribution in [2.75, 3.05) is 16.0 Å². The molecule has 6 heteroatoms. The minimum Gasteiger partial charge on any atom is -0.374 e. The SMILES string of the molecule is CC(=O)Nc1ccc(NC(=O)C(C)Nc2ccc(C)c(Cl)c2)cc1. The van der Waals surface area contributed by atoms with Crippen LogP contribution in [0.2, 0.25) is 5.02 Å². The van der Waals surface area contributed by atoms with Crippen molar-refractivity contribution in [1.29, 1.82) is 0 Å². The maximum Gasteiger partial charge on any atom is 0.246 e. The van der Waals surface area contributed by atoms with E-state index in [0.717, 1.165) is 11.3 Å². The van der Waals surface area contributed by atoms with Gasteiger partial charge in [0.25, 0.3) is 0 Å². The molecule has 0 heterocycles. The van der Waals surface area contributed by atoms with Crippen LogP contribution in [0.1, 0.15) is 19.4 Å². The largest absolute Gasteiger partial charge is 0.374 e. The molecule has 0 bridgehead atoms. The fraction of sp³-hybridized carbons (Fsp3) is 0.222. The Kier molecular flexibility index (Phi) is 5.82. The van der Waals surface area contributed by atoms with Gasteiger partial charge in [-0.05, 0) is 55.8 Å². The van der Waals surface area contributed by atoms with Crippen LogP contribution in [-0.4, -0.2) is 17.9 Å². The van der Waals surface area contributed by atoms with Crippen molar-refractivity contribution in [2.24, 2.45) is 0 Å². The average molecular weight is 346 g/mol. The summed E-state index contributed by atoms with van der Waals surface area (Å²) >= 11 is 6.09. The van der Waals surface area contributed by atoms with Gasteiger partial charge in [0.1, 0.15) is 6.04 Å². The second-order valence-corrected chi connectivity index (χ2v) is 5.98. The monoisotopic (exact) mass is 345 g/mol. The van der Waals surface area contributed by atoms with E-state index in [1.165, 1.54) is 6.92 Å². The number of nitrogens with one attached hydrogen (secondary N) is 3. The van der Waals surface area contributed by atoms with Gasteiger partial charge in [-0.2, -0.15) is 0 Å². The number of amides is 2. The zero-order valence-corrected chi connectivity index (χ0v) is 14.6. The van der Waals surface area contributed by atoms with Crippen LogP contribution in [-0.2, 0) is 9.59 Å². The van der Waals surface area contributed by atoms with Gasteiger partial charge in [-0.25, -0.2) is 0 Å². The summed E-state index contributed by atoms with van der Waals surface area (Å²) in [5, 5.41) is 9.26. The zero-order valence-electron chi connectivity index (χ0n) is 13.8. The van der Waals surface area contributed by atoms with Gasteiger partial charge in [0.05, 0.1) is 0 Å². The first-order valence-corrected chi connectivity index (χ1v) is 7.94. The van der Waals surface area contributed by atoms with Crippen molar-refractivity contribution in [3.05, 3.63) is 53.1 Å². The number of hydrogen-bond donors (Lipinski definition) is 3. The lowest BCUT2D eigenvalue weighted by atomic mass is 10.2. The Bertz CT molecular complexity index is 744. The van der Waals surface area contributed by atoms with Crippen LogP contribution in [0.3, 0.4) is 0 Å². The molecule has 2 rings (SSSR count). The number of benzene rings is 2. The molecule has 0 fully saturated rings. The van der Waals surface area contributed by atoms with Gasteiger partial charge >= 0.3 is 0 Å². The van der Waals surface area contributed by atoms with Crippen molar-refractivity contribution in [3.63, 3.8) is 0 Å². The molecule has 0 radical (unpaired) electrons. The Morgan fingerprint density at radius 3 is 2.04 bits per heavy atom. The predicted molar refractivity (Wildman–Crippen MR) is 98.6 cm³/mol. The highest BCUT2D eigenvalue weighted by atomic mass is 35.5. The molecule has 0 aliphatic carbocycles. The van der Waals surface area contributed by atoms with Crippen LogP contribution in [0.5, 0.6) is 0 Å². The molecule has 0 saturated heterocycles. The van der Waals surface area contributed by atoms with Crippen LogP contribution >= 0.6 is 11.6 Å². The molecule has 5 nitrogen and oxygen atoms in total. The molecule has 2 aromatic rings. The van der Waals surface area contributed by atoms with E-state index in [4.69, 9.17) is 11.6 Å². The molecule has 0 saturated carbocycles. The van der Waals surface area contributed by atoms with E-state index in [2.05, 4.69) is 16.0 Å². The maximum absolute atomic E-state index is 12.3. The number of aryl methyl sites for hydroxylation is 1. The molecule has 0 aromatic heterocycles. The normalized spacial score (nSPS) is 11.5.